The lowest BCUT2D eigenvalue weighted by atomic mass is 10.1. The van der Waals surface area contributed by atoms with Gasteiger partial charge in [-0.1, -0.05) is 11.6 Å². The molecule has 0 fully saturated rings. The third kappa shape index (κ3) is 1.63. The van der Waals surface area contributed by atoms with Crippen molar-refractivity contribution >= 4 is 17.5 Å². The number of rotatable bonds is 1. The Balaban J connectivity index is 2.59. The number of aromatic nitrogens is 2. The van der Waals surface area contributed by atoms with Crippen molar-refractivity contribution in [2.75, 3.05) is 5.73 Å². The summed E-state index contributed by atoms with van der Waals surface area (Å²) in [7, 11) is 1.63. The highest BCUT2D eigenvalue weighted by Gasteiger charge is 2.14. The third-order valence-electron chi connectivity index (χ3n) is 2.25. The average molecular weight is 244 g/mol. The number of anilines is 1. The van der Waals surface area contributed by atoms with Gasteiger partial charge in [-0.25, -0.2) is 13.8 Å². The van der Waals surface area contributed by atoms with Crippen LogP contribution in [-0.4, -0.2) is 9.55 Å². The predicted molar refractivity (Wildman–Crippen MR) is 58.0 cm³/mol. The topological polar surface area (TPSA) is 43.8 Å². The lowest BCUT2D eigenvalue weighted by Crippen LogP contribution is -1.96. The summed E-state index contributed by atoms with van der Waals surface area (Å²) >= 11 is 5.94. The van der Waals surface area contributed by atoms with Crippen LogP contribution in [0.4, 0.5) is 14.7 Å². The maximum atomic E-state index is 13.0. The zero-order valence-corrected chi connectivity index (χ0v) is 9.09. The van der Waals surface area contributed by atoms with Gasteiger partial charge in [0.1, 0.15) is 10.8 Å². The Kier molecular flexibility index (Phi) is 2.55. The first-order valence-electron chi connectivity index (χ1n) is 4.44. The minimum Gasteiger partial charge on any atom is -0.369 e. The van der Waals surface area contributed by atoms with Crippen LogP contribution < -0.4 is 5.73 Å². The largest absolute Gasteiger partial charge is 0.369 e. The molecule has 84 valence electrons. The molecule has 16 heavy (non-hydrogen) atoms. The second kappa shape index (κ2) is 3.75. The van der Waals surface area contributed by atoms with E-state index in [1.807, 2.05) is 0 Å². The van der Waals surface area contributed by atoms with Gasteiger partial charge >= 0.3 is 0 Å². The van der Waals surface area contributed by atoms with Gasteiger partial charge in [-0.2, -0.15) is 0 Å². The first-order chi connectivity index (χ1) is 7.50. The minimum absolute atomic E-state index is 0.213. The fourth-order valence-corrected chi connectivity index (χ4v) is 1.56. The summed E-state index contributed by atoms with van der Waals surface area (Å²) in [5.41, 5.74) is 6.27. The second-order valence-corrected chi connectivity index (χ2v) is 3.66. The summed E-state index contributed by atoms with van der Waals surface area (Å²) in [6.45, 7) is 0. The monoisotopic (exact) mass is 243 g/mol. The fourth-order valence-electron chi connectivity index (χ4n) is 1.32. The van der Waals surface area contributed by atoms with E-state index in [1.165, 1.54) is 10.6 Å². The number of nitrogens with two attached hydrogens (primary N) is 1. The van der Waals surface area contributed by atoms with E-state index in [-0.39, 0.29) is 11.1 Å². The molecule has 0 amide bonds. The summed E-state index contributed by atoms with van der Waals surface area (Å²) in [5, 5.41) is 0.281. The Labute approximate surface area is 95.5 Å². The maximum Gasteiger partial charge on any atom is 0.201 e. The molecule has 0 aliphatic heterocycles. The number of hydrogen-bond donors (Lipinski definition) is 1. The van der Waals surface area contributed by atoms with Crippen molar-refractivity contribution in [3.63, 3.8) is 0 Å². The number of imidazole rings is 1. The molecule has 1 aromatic carbocycles. The second-order valence-electron chi connectivity index (χ2n) is 3.30. The molecule has 6 heteroatoms. The number of hydrogen-bond acceptors (Lipinski definition) is 2. The van der Waals surface area contributed by atoms with E-state index in [9.17, 15) is 8.78 Å². The van der Waals surface area contributed by atoms with Crippen LogP contribution in [0.15, 0.2) is 18.2 Å². The fraction of sp³-hybridized carbons (Fsp3) is 0.100. The van der Waals surface area contributed by atoms with E-state index in [1.54, 1.807) is 7.05 Å². The molecular formula is C10H8ClF2N3. The molecule has 0 atom stereocenters. The minimum atomic E-state index is -0.946. The molecular weight excluding hydrogens is 236 g/mol. The van der Waals surface area contributed by atoms with Crippen LogP contribution >= 0.6 is 11.6 Å². The quantitative estimate of drug-likeness (QED) is 0.837. The van der Waals surface area contributed by atoms with E-state index < -0.39 is 11.6 Å². The molecule has 0 spiro atoms. The summed E-state index contributed by atoms with van der Waals surface area (Å²) in [6.07, 6.45) is 0. The van der Waals surface area contributed by atoms with Crippen molar-refractivity contribution in [2.45, 2.75) is 0 Å². The molecule has 0 radical (unpaired) electrons. The van der Waals surface area contributed by atoms with Crippen molar-refractivity contribution in [2.24, 2.45) is 7.05 Å². The molecule has 0 saturated carbocycles. The Morgan fingerprint density at radius 3 is 2.50 bits per heavy atom. The standard InChI is InChI=1S/C10H8ClF2N3/c1-16-9(11)8(15-10(16)14)5-2-3-6(12)7(13)4-5/h2-4H,1H3,(H2,14,15). The molecule has 1 aromatic heterocycles. The van der Waals surface area contributed by atoms with Gasteiger partial charge in [0.05, 0.1) is 0 Å². The summed E-state index contributed by atoms with van der Waals surface area (Å²) in [4.78, 5) is 3.97. The van der Waals surface area contributed by atoms with Gasteiger partial charge in [0.25, 0.3) is 0 Å². The SMILES string of the molecule is Cn1c(N)nc(-c2ccc(F)c(F)c2)c1Cl. The Bertz CT molecular complexity index is 551. The van der Waals surface area contributed by atoms with E-state index >= 15 is 0 Å². The molecule has 0 unspecified atom stereocenters. The highest BCUT2D eigenvalue weighted by molar-refractivity contribution is 6.32. The number of nitrogens with zero attached hydrogens (tertiary/aromatic N) is 2. The van der Waals surface area contributed by atoms with Gasteiger partial charge in [-0.05, 0) is 18.2 Å². The van der Waals surface area contributed by atoms with Gasteiger partial charge < -0.3 is 10.3 Å². The Morgan fingerprint density at radius 1 is 1.31 bits per heavy atom. The zero-order valence-electron chi connectivity index (χ0n) is 8.34. The number of benzene rings is 1. The first kappa shape index (κ1) is 10.9. The van der Waals surface area contributed by atoms with Crippen molar-refractivity contribution in [3.8, 4) is 11.3 Å². The van der Waals surface area contributed by atoms with E-state index in [0.29, 0.717) is 11.3 Å². The van der Waals surface area contributed by atoms with Crippen LogP contribution in [0.3, 0.4) is 0 Å². The molecule has 1 heterocycles. The van der Waals surface area contributed by atoms with Gasteiger partial charge in [0, 0.05) is 12.6 Å². The zero-order chi connectivity index (χ0) is 11.9. The van der Waals surface area contributed by atoms with E-state index in [0.717, 1.165) is 12.1 Å². The van der Waals surface area contributed by atoms with E-state index in [4.69, 9.17) is 17.3 Å². The molecule has 3 nitrogen and oxygen atoms in total. The van der Waals surface area contributed by atoms with Gasteiger partial charge in [0.2, 0.25) is 5.95 Å². The van der Waals surface area contributed by atoms with Crippen LogP contribution in [0.1, 0.15) is 0 Å². The molecule has 0 aliphatic carbocycles. The highest BCUT2D eigenvalue weighted by Crippen LogP contribution is 2.29. The Hall–Kier alpha value is -1.62. The molecule has 0 saturated heterocycles. The first-order valence-corrected chi connectivity index (χ1v) is 4.81. The van der Waals surface area contributed by atoms with Crippen LogP contribution in [-0.2, 0) is 7.05 Å². The van der Waals surface area contributed by atoms with Crippen molar-refractivity contribution in [3.05, 3.63) is 35.0 Å². The molecule has 2 N–H and O–H groups in total. The molecule has 0 bridgehead atoms. The number of nitrogen functional groups attached to an aromatic ring is 1. The average Bonchev–Trinajstić information content (AvgIpc) is 2.50. The van der Waals surface area contributed by atoms with Gasteiger partial charge in [-0.15, -0.1) is 0 Å². The predicted octanol–water partition coefficient (Wildman–Crippen LogP) is 2.60. The molecule has 0 aliphatic rings. The molecule has 2 rings (SSSR count). The van der Waals surface area contributed by atoms with Crippen LogP contribution in [0.2, 0.25) is 5.15 Å². The maximum absolute atomic E-state index is 13.0. The van der Waals surface area contributed by atoms with Crippen molar-refractivity contribution in [1.82, 2.24) is 9.55 Å². The Morgan fingerprint density at radius 2 is 2.00 bits per heavy atom. The highest BCUT2D eigenvalue weighted by atomic mass is 35.5. The summed E-state index contributed by atoms with van der Waals surface area (Å²) < 4.78 is 27.2. The van der Waals surface area contributed by atoms with Gasteiger partial charge in [-0.3, -0.25) is 0 Å². The van der Waals surface area contributed by atoms with Crippen molar-refractivity contribution < 1.29 is 8.78 Å². The third-order valence-corrected chi connectivity index (χ3v) is 2.69. The van der Waals surface area contributed by atoms with Crippen molar-refractivity contribution in [1.29, 1.82) is 0 Å². The lowest BCUT2D eigenvalue weighted by molar-refractivity contribution is 0.509. The van der Waals surface area contributed by atoms with E-state index in [2.05, 4.69) is 4.98 Å². The number of halogens is 3. The van der Waals surface area contributed by atoms with Crippen LogP contribution in [0, 0.1) is 11.6 Å². The lowest BCUT2D eigenvalue weighted by Gasteiger charge is -1.99. The summed E-state index contributed by atoms with van der Waals surface area (Å²) in [5.74, 6) is -1.65. The van der Waals surface area contributed by atoms with Crippen LogP contribution in [0.25, 0.3) is 11.3 Å². The van der Waals surface area contributed by atoms with Gasteiger partial charge in [0.15, 0.2) is 11.6 Å². The van der Waals surface area contributed by atoms with Crippen LogP contribution in [0.5, 0.6) is 0 Å². The molecule has 2 aromatic rings. The summed E-state index contributed by atoms with van der Waals surface area (Å²) in [6, 6.07) is 3.45. The smallest absolute Gasteiger partial charge is 0.201 e. The normalized spacial score (nSPS) is 10.8.